The topological polar surface area (TPSA) is 68.4 Å². The van der Waals surface area contributed by atoms with Gasteiger partial charge in [0, 0.05) is 12.7 Å². The van der Waals surface area contributed by atoms with Gasteiger partial charge in [-0.15, -0.1) is 15.3 Å². The second kappa shape index (κ2) is 5.79. The molecule has 0 unspecified atom stereocenters. The summed E-state index contributed by atoms with van der Waals surface area (Å²) >= 11 is 0. The van der Waals surface area contributed by atoms with Crippen molar-refractivity contribution in [3.63, 3.8) is 0 Å². The molecule has 0 amide bonds. The lowest BCUT2D eigenvalue weighted by Crippen LogP contribution is -2.42. The first-order valence-electron chi connectivity index (χ1n) is 7.49. The van der Waals surface area contributed by atoms with Gasteiger partial charge in [-0.05, 0) is 37.1 Å². The third-order valence-corrected chi connectivity index (χ3v) is 3.85. The largest absolute Gasteiger partial charge is 0.470 e. The Morgan fingerprint density at radius 3 is 3.13 bits per heavy atom. The first-order valence-corrected chi connectivity index (χ1v) is 7.49. The lowest BCUT2D eigenvalue weighted by Gasteiger charge is -2.33. The van der Waals surface area contributed by atoms with E-state index >= 15 is 0 Å². The summed E-state index contributed by atoms with van der Waals surface area (Å²) in [7, 11) is 0. The quantitative estimate of drug-likeness (QED) is 0.733. The Kier molecular flexibility index (Phi) is 3.49. The highest BCUT2D eigenvalue weighted by atomic mass is 19.1. The molecule has 1 fully saturated rings. The zero-order chi connectivity index (χ0) is 15.6. The molecule has 1 atom stereocenters. The molecule has 118 valence electrons. The van der Waals surface area contributed by atoms with Crippen LogP contribution in [0.4, 0.5) is 10.2 Å². The predicted octanol–water partition coefficient (Wildman–Crippen LogP) is 1.71. The van der Waals surface area contributed by atoms with Crippen molar-refractivity contribution in [1.29, 1.82) is 0 Å². The van der Waals surface area contributed by atoms with Gasteiger partial charge in [-0.25, -0.2) is 9.37 Å². The van der Waals surface area contributed by atoms with Gasteiger partial charge in [0.05, 0.1) is 6.54 Å². The molecule has 4 heterocycles. The average molecular weight is 314 g/mol. The van der Waals surface area contributed by atoms with Gasteiger partial charge < -0.3 is 9.64 Å². The number of pyridine rings is 1. The van der Waals surface area contributed by atoms with Crippen LogP contribution in [0.2, 0.25) is 0 Å². The monoisotopic (exact) mass is 314 g/mol. The molecule has 1 aliphatic rings. The maximum atomic E-state index is 13.7. The Labute approximate surface area is 131 Å². The van der Waals surface area contributed by atoms with E-state index in [1.807, 2.05) is 12.1 Å². The smallest absolute Gasteiger partial charge is 0.250 e. The molecule has 23 heavy (non-hydrogen) atoms. The van der Waals surface area contributed by atoms with Crippen LogP contribution >= 0.6 is 0 Å². The summed E-state index contributed by atoms with van der Waals surface area (Å²) < 4.78 is 21.0. The molecular formula is C15H15FN6O. The molecule has 3 aromatic rings. The highest BCUT2D eigenvalue weighted by Gasteiger charge is 2.24. The van der Waals surface area contributed by atoms with E-state index in [9.17, 15) is 4.39 Å². The fourth-order valence-electron chi connectivity index (χ4n) is 2.75. The third kappa shape index (κ3) is 2.79. The van der Waals surface area contributed by atoms with Crippen LogP contribution in [0.25, 0.3) is 5.65 Å². The molecule has 0 spiro atoms. The van der Waals surface area contributed by atoms with Gasteiger partial charge in [-0.3, -0.25) is 0 Å². The number of halogens is 1. The van der Waals surface area contributed by atoms with Crippen LogP contribution in [-0.2, 0) is 0 Å². The van der Waals surface area contributed by atoms with Crippen molar-refractivity contribution in [3.8, 4) is 5.88 Å². The standard InChI is InChI=1S/C15H15FN6O/c16-12-4-1-7-17-15(12)23-11-3-2-8-21(9-11)14-6-5-13-19-18-10-22(13)20-14/h1,4-7,10-11H,2-3,8-9H2/t11-/m0/s1. The van der Waals surface area contributed by atoms with E-state index in [-0.39, 0.29) is 12.0 Å². The molecule has 8 heteroatoms. The van der Waals surface area contributed by atoms with E-state index in [0.717, 1.165) is 25.2 Å². The Morgan fingerprint density at radius 1 is 1.26 bits per heavy atom. The van der Waals surface area contributed by atoms with Crippen molar-refractivity contribution >= 4 is 11.5 Å². The molecule has 0 bridgehead atoms. The van der Waals surface area contributed by atoms with Gasteiger partial charge in [0.1, 0.15) is 18.2 Å². The van der Waals surface area contributed by atoms with Gasteiger partial charge in [0.2, 0.25) is 0 Å². The van der Waals surface area contributed by atoms with Gasteiger partial charge in [-0.1, -0.05) is 0 Å². The van der Waals surface area contributed by atoms with Crippen LogP contribution in [-0.4, -0.2) is 44.0 Å². The number of nitrogens with zero attached hydrogens (tertiary/aromatic N) is 6. The van der Waals surface area contributed by atoms with Crippen LogP contribution in [0.3, 0.4) is 0 Å². The van der Waals surface area contributed by atoms with E-state index in [2.05, 4.69) is 25.2 Å². The summed E-state index contributed by atoms with van der Waals surface area (Å²) in [5.41, 5.74) is 0.703. The summed E-state index contributed by atoms with van der Waals surface area (Å²) in [4.78, 5) is 6.07. The minimum absolute atomic E-state index is 0.0570. The molecule has 0 aliphatic carbocycles. The van der Waals surface area contributed by atoms with E-state index in [1.165, 1.54) is 12.3 Å². The molecule has 7 nitrogen and oxygen atoms in total. The Balaban J connectivity index is 1.51. The van der Waals surface area contributed by atoms with Crippen molar-refractivity contribution in [3.05, 3.63) is 42.6 Å². The summed E-state index contributed by atoms with van der Waals surface area (Å²) in [6, 6.07) is 6.68. The number of aromatic nitrogens is 5. The van der Waals surface area contributed by atoms with Crippen LogP contribution in [0.15, 0.2) is 36.8 Å². The number of fused-ring (bicyclic) bond motifs is 1. The van der Waals surface area contributed by atoms with Crippen LogP contribution in [0.1, 0.15) is 12.8 Å². The van der Waals surface area contributed by atoms with Crippen molar-refractivity contribution in [2.24, 2.45) is 0 Å². The van der Waals surface area contributed by atoms with Gasteiger partial charge >= 0.3 is 0 Å². The average Bonchev–Trinajstić information content (AvgIpc) is 3.05. The lowest BCUT2D eigenvalue weighted by molar-refractivity contribution is 0.164. The molecule has 0 N–H and O–H groups in total. The second-order valence-electron chi connectivity index (χ2n) is 5.44. The number of hydrogen-bond acceptors (Lipinski definition) is 6. The molecule has 0 radical (unpaired) electrons. The fourth-order valence-corrected chi connectivity index (χ4v) is 2.75. The highest BCUT2D eigenvalue weighted by molar-refractivity contribution is 5.45. The Hall–Kier alpha value is -2.77. The zero-order valence-corrected chi connectivity index (χ0v) is 12.3. The number of piperidine rings is 1. The zero-order valence-electron chi connectivity index (χ0n) is 12.3. The van der Waals surface area contributed by atoms with Crippen LogP contribution in [0, 0.1) is 5.82 Å². The molecule has 0 saturated carbocycles. The molecule has 1 saturated heterocycles. The number of hydrogen-bond donors (Lipinski definition) is 0. The SMILES string of the molecule is Fc1cccnc1O[C@H]1CCCN(c2ccc3nncn3n2)C1. The number of rotatable bonds is 3. The van der Waals surface area contributed by atoms with Gasteiger partial charge in [0.25, 0.3) is 5.88 Å². The predicted molar refractivity (Wildman–Crippen MR) is 80.8 cm³/mol. The highest BCUT2D eigenvalue weighted by Crippen LogP contribution is 2.22. The Morgan fingerprint density at radius 2 is 2.22 bits per heavy atom. The third-order valence-electron chi connectivity index (χ3n) is 3.85. The number of ether oxygens (including phenoxy) is 1. The maximum Gasteiger partial charge on any atom is 0.250 e. The molecular weight excluding hydrogens is 299 g/mol. The first kappa shape index (κ1) is 13.9. The summed E-state index contributed by atoms with van der Waals surface area (Å²) in [5.74, 6) is 0.447. The molecule has 1 aliphatic heterocycles. The maximum absolute atomic E-state index is 13.7. The lowest BCUT2D eigenvalue weighted by atomic mass is 10.1. The normalized spacial score (nSPS) is 18.3. The summed E-state index contributed by atoms with van der Waals surface area (Å²) in [5, 5.41) is 12.3. The summed E-state index contributed by atoms with van der Waals surface area (Å²) in [6.45, 7) is 1.52. The van der Waals surface area contributed by atoms with Crippen molar-refractivity contribution in [2.45, 2.75) is 18.9 Å². The number of anilines is 1. The minimum Gasteiger partial charge on any atom is -0.470 e. The van der Waals surface area contributed by atoms with E-state index in [0.29, 0.717) is 12.2 Å². The van der Waals surface area contributed by atoms with Crippen molar-refractivity contribution in [2.75, 3.05) is 18.0 Å². The van der Waals surface area contributed by atoms with E-state index in [1.54, 1.807) is 16.9 Å². The van der Waals surface area contributed by atoms with E-state index < -0.39 is 5.82 Å². The Bertz CT molecular complexity index is 822. The molecule has 3 aromatic heterocycles. The van der Waals surface area contributed by atoms with E-state index in [4.69, 9.17) is 4.74 Å². The van der Waals surface area contributed by atoms with Crippen LogP contribution < -0.4 is 9.64 Å². The van der Waals surface area contributed by atoms with Crippen molar-refractivity contribution in [1.82, 2.24) is 24.8 Å². The van der Waals surface area contributed by atoms with Gasteiger partial charge in [0.15, 0.2) is 11.5 Å². The van der Waals surface area contributed by atoms with Crippen molar-refractivity contribution < 1.29 is 9.13 Å². The first-order chi connectivity index (χ1) is 11.3. The minimum atomic E-state index is -0.436. The molecule has 0 aromatic carbocycles. The molecule has 4 rings (SSSR count). The fraction of sp³-hybridized carbons (Fsp3) is 0.333. The summed E-state index contributed by atoms with van der Waals surface area (Å²) in [6.07, 6.45) is 4.79. The van der Waals surface area contributed by atoms with Crippen LogP contribution in [0.5, 0.6) is 5.88 Å². The second-order valence-corrected chi connectivity index (χ2v) is 5.44. The van der Waals surface area contributed by atoms with Gasteiger partial charge in [-0.2, -0.15) is 4.52 Å².